The summed E-state index contributed by atoms with van der Waals surface area (Å²) in [7, 11) is 0. The molecule has 1 N–H and O–H groups in total. The number of hydrogen-bond donors (Lipinski definition) is 1. The van der Waals surface area contributed by atoms with Gasteiger partial charge in [0, 0.05) is 6.20 Å². The summed E-state index contributed by atoms with van der Waals surface area (Å²) in [6.07, 6.45) is 8.97. The van der Waals surface area contributed by atoms with E-state index in [1.165, 1.54) is 49.0 Å². The van der Waals surface area contributed by atoms with Crippen molar-refractivity contribution in [2.24, 2.45) is 0 Å². The summed E-state index contributed by atoms with van der Waals surface area (Å²) < 4.78 is 8.41. The molecule has 182 valence electrons. The van der Waals surface area contributed by atoms with Gasteiger partial charge in [0.05, 0.1) is 27.4 Å². The first-order valence-electron chi connectivity index (χ1n) is 12.3. The number of nitrogens with zero attached hydrogens (tertiary/aromatic N) is 3. The molecule has 0 radical (unpaired) electrons. The van der Waals surface area contributed by atoms with E-state index in [-0.39, 0.29) is 5.41 Å². The Bertz CT molecular complexity index is 1710. The van der Waals surface area contributed by atoms with Gasteiger partial charge in [-0.1, -0.05) is 38.3 Å². The second-order valence-corrected chi connectivity index (χ2v) is 10.9. The zero-order valence-electron chi connectivity index (χ0n) is 20.3. The monoisotopic (exact) mass is 497 g/mol. The van der Waals surface area contributed by atoms with Crippen LogP contribution >= 0.6 is 11.3 Å². The van der Waals surface area contributed by atoms with E-state index in [1.807, 2.05) is 37.3 Å². The summed E-state index contributed by atoms with van der Waals surface area (Å²) in [5, 5.41) is 10.4. The topological polar surface area (TPSA) is 77.2 Å². The number of hydrogen-bond acceptors (Lipinski definition) is 6. The van der Waals surface area contributed by atoms with E-state index in [0.29, 0.717) is 15.6 Å². The Balaban J connectivity index is 1.37. The van der Waals surface area contributed by atoms with E-state index in [4.69, 9.17) is 4.74 Å². The zero-order valence-corrected chi connectivity index (χ0v) is 21.1. The second-order valence-electron chi connectivity index (χ2n) is 9.88. The van der Waals surface area contributed by atoms with E-state index in [1.54, 1.807) is 10.8 Å². The van der Waals surface area contributed by atoms with Crippen LogP contribution in [0.2, 0.25) is 0 Å². The van der Waals surface area contributed by atoms with Crippen LogP contribution in [0.5, 0.6) is 11.5 Å². The third kappa shape index (κ3) is 3.75. The molecular weight excluding hydrogens is 470 g/mol. The van der Waals surface area contributed by atoms with Crippen molar-refractivity contribution in [1.82, 2.24) is 14.5 Å². The molecule has 3 heterocycles. The van der Waals surface area contributed by atoms with Gasteiger partial charge in [-0.3, -0.25) is 4.57 Å². The molecule has 2 aromatic carbocycles. The van der Waals surface area contributed by atoms with Gasteiger partial charge >= 0.3 is 5.69 Å². The van der Waals surface area contributed by atoms with Crippen molar-refractivity contribution in [2.45, 2.75) is 51.4 Å². The summed E-state index contributed by atoms with van der Waals surface area (Å²) in [6.45, 7) is 4.32. The number of aryl methyl sites for hydroxylation is 1. The first kappa shape index (κ1) is 22.7. The van der Waals surface area contributed by atoms with Crippen molar-refractivity contribution in [3.05, 3.63) is 80.9 Å². The first-order chi connectivity index (χ1) is 17.5. The van der Waals surface area contributed by atoms with Crippen molar-refractivity contribution < 1.29 is 9.84 Å². The maximum atomic E-state index is 13.1. The van der Waals surface area contributed by atoms with Crippen LogP contribution in [-0.2, 0) is 5.41 Å². The third-order valence-corrected chi connectivity index (χ3v) is 8.48. The highest BCUT2D eigenvalue weighted by Crippen LogP contribution is 2.40. The van der Waals surface area contributed by atoms with Crippen LogP contribution in [0.15, 0.2) is 59.5 Å². The van der Waals surface area contributed by atoms with Gasteiger partial charge in [-0.15, -0.1) is 11.3 Å². The first-order valence-corrected chi connectivity index (χ1v) is 13.1. The fourth-order valence-electron chi connectivity index (χ4n) is 5.51. The molecule has 1 saturated carbocycles. The van der Waals surface area contributed by atoms with Gasteiger partial charge in [0.2, 0.25) is 0 Å². The molecule has 1 aliphatic carbocycles. The summed E-state index contributed by atoms with van der Waals surface area (Å²) in [5.74, 6) is 1.54. The Morgan fingerprint density at radius 3 is 2.67 bits per heavy atom. The fourth-order valence-corrected chi connectivity index (χ4v) is 6.43. The van der Waals surface area contributed by atoms with Crippen LogP contribution in [0, 0.1) is 6.92 Å². The molecule has 6 rings (SSSR count). The number of benzene rings is 2. The Morgan fingerprint density at radius 1 is 1.08 bits per heavy atom. The second kappa shape index (κ2) is 8.75. The Morgan fingerprint density at radius 2 is 1.89 bits per heavy atom. The SMILES string of the molecule is Cc1cc(Oc2cccc(C3(C)CCCCC3)c2)ccc1-n1c(=O)nc2c(=CO)sc3nccc1c32. The predicted octanol–water partition coefficient (Wildman–Crippen LogP) is 6.33. The maximum absolute atomic E-state index is 13.1. The molecule has 0 unspecified atom stereocenters. The molecule has 0 bridgehead atoms. The zero-order chi connectivity index (χ0) is 24.9. The van der Waals surface area contributed by atoms with E-state index in [9.17, 15) is 9.90 Å². The molecule has 1 fully saturated rings. The van der Waals surface area contributed by atoms with Crippen LogP contribution in [0.4, 0.5) is 0 Å². The standard InChI is InChI=1S/C29H27N3O3S/c1-18-15-21(35-20-8-6-7-19(16-20)29(2)12-4-3-5-13-29)9-10-22(18)32-23-11-14-30-27-25(23)26(31-28(32)34)24(17-33)36-27/h6-11,14-17,33H,3-5,12-13H2,1-2H3. The number of thiophene rings is 1. The summed E-state index contributed by atoms with van der Waals surface area (Å²) in [4.78, 5) is 22.5. The van der Waals surface area contributed by atoms with Crippen LogP contribution in [-0.4, -0.2) is 19.6 Å². The van der Waals surface area contributed by atoms with Gasteiger partial charge < -0.3 is 9.84 Å². The number of aromatic nitrogens is 3. The molecular formula is C29H27N3O3S. The van der Waals surface area contributed by atoms with E-state index in [0.717, 1.165) is 39.2 Å². The fraction of sp³-hybridized carbons (Fsp3) is 0.276. The molecule has 0 saturated heterocycles. The molecule has 0 atom stereocenters. The van der Waals surface area contributed by atoms with E-state index < -0.39 is 5.69 Å². The Kier molecular flexibility index (Phi) is 5.52. The van der Waals surface area contributed by atoms with Crippen molar-refractivity contribution in [3.8, 4) is 17.2 Å². The lowest BCUT2D eigenvalue weighted by atomic mass is 9.71. The van der Waals surface area contributed by atoms with Crippen LogP contribution in [0.3, 0.4) is 0 Å². The smallest absolute Gasteiger partial charge is 0.353 e. The number of aliphatic hydroxyl groups excluding tert-OH is 1. The average Bonchev–Trinajstić information content (AvgIpc) is 3.24. The quantitative estimate of drug-likeness (QED) is 0.314. The molecule has 36 heavy (non-hydrogen) atoms. The normalized spacial score (nSPS) is 16.1. The van der Waals surface area contributed by atoms with Gasteiger partial charge in [0.15, 0.2) is 0 Å². The number of ether oxygens (including phenoxy) is 1. The van der Waals surface area contributed by atoms with Gasteiger partial charge in [-0.05, 0) is 72.7 Å². The lowest BCUT2D eigenvalue weighted by Gasteiger charge is -2.34. The van der Waals surface area contributed by atoms with Crippen molar-refractivity contribution in [2.75, 3.05) is 0 Å². The molecule has 0 aliphatic heterocycles. The maximum Gasteiger partial charge on any atom is 0.353 e. The third-order valence-electron chi connectivity index (χ3n) is 7.46. The Labute approximate surface area is 212 Å². The highest BCUT2D eigenvalue weighted by Gasteiger charge is 2.29. The number of pyridine rings is 1. The molecule has 0 amide bonds. The number of aliphatic hydroxyl groups is 1. The molecule has 6 nitrogen and oxygen atoms in total. The van der Waals surface area contributed by atoms with Gasteiger partial charge in [0.25, 0.3) is 0 Å². The van der Waals surface area contributed by atoms with E-state index >= 15 is 0 Å². The average molecular weight is 498 g/mol. The van der Waals surface area contributed by atoms with Crippen molar-refractivity contribution in [1.29, 1.82) is 0 Å². The molecule has 7 heteroatoms. The minimum absolute atomic E-state index is 0.208. The molecule has 0 spiro atoms. The largest absolute Gasteiger partial charge is 0.514 e. The molecule has 3 aromatic heterocycles. The van der Waals surface area contributed by atoms with Gasteiger partial charge in [-0.2, -0.15) is 4.98 Å². The predicted molar refractivity (Wildman–Crippen MR) is 145 cm³/mol. The summed E-state index contributed by atoms with van der Waals surface area (Å²) in [5.41, 5.74) is 3.96. The van der Waals surface area contributed by atoms with Crippen LogP contribution in [0.1, 0.15) is 50.2 Å². The van der Waals surface area contributed by atoms with E-state index in [2.05, 4.69) is 35.1 Å². The summed E-state index contributed by atoms with van der Waals surface area (Å²) >= 11 is 1.31. The van der Waals surface area contributed by atoms with Gasteiger partial charge in [-0.25, -0.2) is 9.78 Å². The molecule has 1 aliphatic rings. The minimum Gasteiger partial charge on any atom is -0.514 e. The molecule has 5 aromatic rings. The van der Waals surface area contributed by atoms with Crippen molar-refractivity contribution >= 4 is 38.8 Å². The number of rotatable bonds is 4. The Hall–Kier alpha value is -3.71. The highest BCUT2D eigenvalue weighted by molar-refractivity contribution is 7.17. The van der Waals surface area contributed by atoms with Gasteiger partial charge in [0.1, 0.15) is 21.8 Å². The lowest BCUT2D eigenvalue weighted by molar-refractivity contribution is 0.318. The van der Waals surface area contributed by atoms with Crippen LogP contribution in [0.25, 0.3) is 33.2 Å². The van der Waals surface area contributed by atoms with Crippen LogP contribution < -0.4 is 15.0 Å². The minimum atomic E-state index is -0.401. The lowest BCUT2D eigenvalue weighted by Crippen LogP contribution is -2.24. The highest BCUT2D eigenvalue weighted by atomic mass is 32.1. The van der Waals surface area contributed by atoms with Crippen molar-refractivity contribution in [3.63, 3.8) is 0 Å². The summed E-state index contributed by atoms with van der Waals surface area (Å²) in [6, 6.07) is 16.0.